The highest BCUT2D eigenvalue weighted by molar-refractivity contribution is 14.0. The Labute approximate surface area is 164 Å². The second-order valence-corrected chi connectivity index (χ2v) is 5.12. The lowest BCUT2D eigenvalue weighted by molar-refractivity contribution is -0.140. The van der Waals surface area contributed by atoms with E-state index in [1.54, 1.807) is 13.2 Å². The molecule has 0 bridgehead atoms. The predicted molar refractivity (Wildman–Crippen MR) is 109 cm³/mol. The largest absolute Gasteiger partial charge is 0.469 e. The molecule has 0 saturated carbocycles. The molecule has 25 heavy (non-hydrogen) atoms. The van der Waals surface area contributed by atoms with Crippen molar-refractivity contribution in [3.8, 4) is 5.69 Å². The number of carbonyl (C=O) groups excluding carboxylic acids is 1. The molecule has 0 fully saturated rings. The molecule has 0 saturated heterocycles. The van der Waals surface area contributed by atoms with Gasteiger partial charge in [-0.15, -0.1) is 24.0 Å². The first-order valence-corrected chi connectivity index (χ1v) is 7.83. The van der Waals surface area contributed by atoms with E-state index in [0.29, 0.717) is 18.9 Å². The van der Waals surface area contributed by atoms with Crippen LogP contribution in [0.4, 0.5) is 0 Å². The van der Waals surface area contributed by atoms with Gasteiger partial charge in [-0.25, -0.2) is 4.68 Å². The molecule has 7 nitrogen and oxygen atoms in total. The van der Waals surface area contributed by atoms with Crippen molar-refractivity contribution in [2.75, 3.05) is 27.2 Å². The van der Waals surface area contributed by atoms with E-state index in [-0.39, 0.29) is 29.9 Å². The van der Waals surface area contributed by atoms with Crippen LogP contribution >= 0.6 is 24.0 Å². The number of methoxy groups -OCH3 is 1. The SMILES string of the molecule is CN=C(NCCC(=O)OC)NCCc1ccc(-n2cccn2)cc1.I. The van der Waals surface area contributed by atoms with Gasteiger partial charge in [0.15, 0.2) is 5.96 Å². The van der Waals surface area contributed by atoms with Crippen LogP contribution in [-0.4, -0.2) is 49.0 Å². The molecule has 0 radical (unpaired) electrons. The topological polar surface area (TPSA) is 80.5 Å². The fraction of sp³-hybridized carbons (Fsp3) is 0.353. The van der Waals surface area contributed by atoms with E-state index in [0.717, 1.165) is 18.7 Å². The molecule has 0 amide bonds. The molecule has 2 N–H and O–H groups in total. The summed E-state index contributed by atoms with van der Waals surface area (Å²) in [5.74, 6) is 0.433. The van der Waals surface area contributed by atoms with Crippen molar-refractivity contribution in [1.82, 2.24) is 20.4 Å². The number of benzene rings is 1. The maximum atomic E-state index is 11.1. The summed E-state index contributed by atoms with van der Waals surface area (Å²) in [7, 11) is 3.08. The van der Waals surface area contributed by atoms with Gasteiger partial charge in [-0.3, -0.25) is 9.79 Å². The zero-order valence-electron chi connectivity index (χ0n) is 14.4. The van der Waals surface area contributed by atoms with Crippen molar-refractivity contribution in [2.45, 2.75) is 12.8 Å². The molecule has 0 unspecified atom stereocenters. The monoisotopic (exact) mass is 457 g/mol. The van der Waals surface area contributed by atoms with Gasteiger partial charge in [0.25, 0.3) is 0 Å². The van der Waals surface area contributed by atoms with Gasteiger partial charge in [0, 0.05) is 32.5 Å². The molecule has 8 heteroatoms. The first-order valence-electron chi connectivity index (χ1n) is 7.83. The van der Waals surface area contributed by atoms with Gasteiger partial charge in [0.05, 0.1) is 19.2 Å². The van der Waals surface area contributed by atoms with E-state index in [1.165, 1.54) is 12.7 Å². The first-order chi connectivity index (χ1) is 11.7. The van der Waals surface area contributed by atoms with Crippen LogP contribution in [0, 0.1) is 0 Å². The summed E-state index contributed by atoms with van der Waals surface area (Å²) < 4.78 is 6.42. The molecule has 1 aromatic heterocycles. The number of aromatic nitrogens is 2. The second kappa shape index (κ2) is 11.5. The Hall–Kier alpha value is -2.10. The lowest BCUT2D eigenvalue weighted by Crippen LogP contribution is -2.39. The van der Waals surface area contributed by atoms with Gasteiger partial charge in [-0.1, -0.05) is 12.1 Å². The average molecular weight is 457 g/mol. The first kappa shape index (κ1) is 20.9. The molecule has 0 aliphatic heterocycles. The highest BCUT2D eigenvalue weighted by atomic mass is 127. The minimum absolute atomic E-state index is 0. The lowest BCUT2D eigenvalue weighted by Gasteiger charge is -2.11. The Morgan fingerprint density at radius 1 is 1.24 bits per heavy atom. The number of esters is 1. The molecule has 0 aliphatic carbocycles. The number of carbonyl (C=O) groups is 1. The summed E-state index contributed by atoms with van der Waals surface area (Å²) >= 11 is 0. The van der Waals surface area contributed by atoms with Crippen molar-refractivity contribution in [3.63, 3.8) is 0 Å². The van der Waals surface area contributed by atoms with Crippen molar-refractivity contribution in [3.05, 3.63) is 48.3 Å². The average Bonchev–Trinajstić information content (AvgIpc) is 3.15. The predicted octanol–water partition coefficient (Wildman–Crippen LogP) is 1.76. The van der Waals surface area contributed by atoms with Crippen LogP contribution in [-0.2, 0) is 16.0 Å². The van der Waals surface area contributed by atoms with Crippen LogP contribution in [0.5, 0.6) is 0 Å². The zero-order valence-corrected chi connectivity index (χ0v) is 16.8. The van der Waals surface area contributed by atoms with Crippen LogP contribution in [0.25, 0.3) is 5.69 Å². The Morgan fingerprint density at radius 2 is 1.96 bits per heavy atom. The Kier molecular flexibility index (Phi) is 9.60. The quantitative estimate of drug-likeness (QED) is 0.287. The summed E-state index contributed by atoms with van der Waals surface area (Å²) in [6.45, 7) is 1.24. The number of nitrogens with one attached hydrogen (secondary N) is 2. The van der Waals surface area contributed by atoms with Crippen LogP contribution in [0.15, 0.2) is 47.7 Å². The van der Waals surface area contributed by atoms with E-state index in [9.17, 15) is 4.79 Å². The van der Waals surface area contributed by atoms with Crippen LogP contribution < -0.4 is 10.6 Å². The Bertz CT molecular complexity index is 656. The molecular weight excluding hydrogens is 433 g/mol. The molecular formula is C17H24IN5O2. The third-order valence-electron chi connectivity index (χ3n) is 3.48. The molecule has 0 spiro atoms. The van der Waals surface area contributed by atoms with Gasteiger partial charge >= 0.3 is 5.97 Å². The molecule has 1 heterocycles. The van der Waals surface area contributed by atoms with Gasteiger partial charge in [0.1, 0.15) is 0 Å². The lowest BCUT2D eigenvalue weighted by atomic mass is 10.1. The highest BCUT2D eigenvalue weighted by Gasteiger charge is 2.02. The van der Waals surface area contributed by atoms with Crippen LogP contribution in [0.2, 0.25) is 0 Å². The summed E-state index contributed by atoms with van der Waals surface area (Å²) in [4.78, 5) is 15.2. The van der Waals surface area contributed by atoms with Gasteiger partial charge in [-0.2, -0.15) is 5.10 Å². The van der Waals surface area contributed by atoms with E-state index >= 15 is 0 Å². The maximum Gasteiger partial charge on any atom is 0.307 e. The van der Waals surface area contributed by atoms with E-state index in [1.807, 2.05) is 29.1 Å². The van der Waals surface area contributed by atoms with Crippen LogP contribution in [0.3, 0.4) is 0 Å². The fourth-order valence-corrected chi connectivity index (χ4v) is 2.17. The number of aliphatic imine (C=N–C) groups is 1. The summed E-state index contributed by atoms with van der Waals surface area (Å²) in [6, 6.07) is 10.2. The number of halogens is 1. The van der Waals surface area contributed by atoms with Gasteiger partial charge in [0.2, 0.25) is 0 Å². The molecule has 2 aromatic rings. The fourth-order valence-electron chi connectivity index (χ4n) is 2.17. The number of guanidine groups is 1. The van der Waals surface area contributed by atoms with Crippen molar-refractivity contribution >= 4 is 35.9 Å². The van der Waals surface area contributed by atoms with Crippen molar-refractivity contribution < 1.29 is 9.53 Å². The zero-order chi connectivity index (χ0) is 17.2. The van der Waals surface area contributed by atoms with E-state index < -0.39 is 0 Å². The minimum atomic E-state index is -0.241. The number of ether oxygens (including phenoxy) is 1. The summed E-state index contributed by atoms with van der Waals surface area (Å²) in [5.41, 5.74) is 2.26. The van der Waals surface area contributed by atoms with Crippen LogP contribution in [0.1, 0.15) is 12.0 Å². The van der Waals surface area contributed by atoms with Gasteiger partial charge < -0.3 is 15.4 Å². The highest BCUT2D eigenvalue weighted by Crippen LogP contribution is 2.08. The number of rotatable bonds is 7. The normalized spacial score (nSPS) is 10.7. The molecule has 0 atom stereocenters. The van der Waals surface area contributed by atoms with E-state index in [2.05, 4.69) is 37.6 Å². The Morgan fingerprint density at radius 3 is 2.56 bits per heavy atom. The number of hydrogen-bond donors (Lipinski definition) is 2. The summed E-state index contributed by atoms with van der Waals surface area (Å²) in [5, 5.41) is 10.5. The van der Waals surface area contributed by atoms with Crippen molar-refractivity contribution in [2.24, 2.45) is 4.99 Å². The Balaban J connectivity index is 0.00000312. The summed E-state index contributed by atoms with van der Waals surface area (Å²) in [6.07, 6.45) is 4.86. The van der Waals surface area contributed by atoms with Crippen molar-refractivity contribution in [1.29, 1.82) is 0 Å². The third-order valence-corrected chi connectivity index (χ3v) is 3.48. The number of nitrogens with zero attached hydrogens (tertiary/aromatic N) is 3. The molecule has 0 aliphatic rings. The van der Waals surface area contributed by atoms with Gasteiger partial charge in [-0.05, 0) is 30.2 Å². The van der Waals surface area contributed by atoms with E-state index in [4.69, 9.17) is 0 Å². The number of hydrogen-bond acceptors (Lipinski definition) is 4. The smallest absolute Gasteiger partial charge is 0.307 e. The molecule has 2 rings (SSSR count). The second-order valence-electron chi connectivity index (χ2n) is 5.12. The molecule has 1 aromatic carbocycles. The standard InChI is InChI=1S/C17H23N5O2.HI/c1-18-17(20-12-9-16(23)24-2)19-11-8-14-4-6-15(7-5-14)22-13-3-10-21-22;/h3-7,10,13H,8-9,11-12H2,1-2H3,(H2,18,19,20);1H. The molecule has 136 valence electrons. The minimum Gasteiger partial charge on any atom is -0.469 e. The maximum absolute atomic E-state index is 11.1. The third kappa shape index (κ3) is 7.12.